The molecule has 0 unspecified atom stereocenters. The molecule has 0 aromatic heterocycles. The molecule has 12 heavy (non-hydrogen) atoms. The molecule has 0 aromatic carbocycles. The van der Waals surface area contributed by atoms with Crippen molar-refractivity contribution in [3.8, 4) is 0 Å². The molecule has 2 heteroatoms. The summed E-state index contributed by atoms with van der Waals surface area (Å²) in [6.45, 7) is 3.86. The van der Waals surface area contributed by atoms with Crippen LogP contribution in [0, 0.1) is 17.8 Å². The molecular weight excluding hydrogens is 148 g/mol. The Hall–Kier alpha value is -0.0800. The molecule has 1 saturated carbocycles. The van der Waals surface area contributed by atoms with Crippen LogP contribution in [0.5, 0.6) is 0 Å². The van der Waals surface area contributed by atoms with E-state index in [1.807, 2.05) is 0 Å². The number of nitrogens with one attached hydrogen (secondary N) is 1. The van der Waals surface area contributed by atoms with Crippen molar-refractivity contribution in [2.45, 2.75) is 12.8 Å². The third-order valence-corrected chi connectivity index (χ3v) is 3.51. The van der Waals surface area contributed by atoms with Crippen LogP contribution in [0.2, 0.25) is 0 Å². The molecule has 1 N–H and O–H groups in total. The van der Waals surface area contributed by atoms with Gasteiger partial charge < -0.3 is 10.2 Å². The van der Waals surface area contributed by atoms with Gasteiger partial charge in [-0.2, -0.15) is 0 Å². The highest BCUT2D eigenvalue weighted by molar-refractivity contribution is 4.92. The SMILES string of the molecule is CN(C)C[C@@H]1CC[C@@H]2CNC[C@@H]21. The van der Waals surface area contributed by atoms with E-state index in [9.17, 15) is 0 Å². The first-order valence-corrected chi connectivity index (χ1v) is 5.13. The minimum absolute atomic E-state index is 0.972. The second-order valence-corrected chi connectivity index (χ2v) is 4.68. The minimum Gasteiger partial charge on any atom is -0.316 e. The molecule has 2 fully saturated rings. The Morgan fingerprint density at radius 3 is 2.83 bits per heavy atom. The molecule has 1 aliphatic heterocycles. The largest absolute Gasteiger partial charge is 0.316 e. The zero-order chi connectivity index (χ0) is 8.55. The summed E-state index contributed by atoms with van der Waals surface area (Å²) in [6.07, 6.45) is 2.94. The van der Waals surface area contributed by atoms with E-state index in [0.717, 1.165) is 17.8 Å². The molecule has 1 saturated heterocycles. The van der Waals surface area contributed by atoms with Crippen LogP contribution in [0.15, 0.2) is 0 Å². The van der Waals surface area contributed by atoms with Crippen molar-refractivity contribution >= 4 is 0 Å². The van der Waals surface area contributed by atoms with E-state index in [4.69, 9.17) is 0 Å². The van der Waals surface area contributed by atoms with Gasteiger partial charge in [-0.1, -0.05) is 0 Å². The van der Waals surface area contributed by atoms with Gasteiger partial charge in [0.1, 0.15) is 0 Å². The molecule has 2 aliphatic rings. The highest BCUT2D eigenvalue weighted by atomic mass is 15.1. The summed E-state index contributed by atoms with van der Waals surface area (Å²) in [6, 6.07) is 0. The van der Waals surface area contributed by atoms with Crippen molar-refractivity contribution in [2.75, 3.05) is 33.7 Å². The first-order chi connectivity index (χ1) is 5.77. The van der Waals surface area contributed by atoms with Crippen molar-refractivity contribution in [1.82, 2.24) is 10.2 Å². The topological polar surface area (TPSA) is 15.3 Å². The average Bonchev–Trinajstić information content (AvgIpc) is 2.52. The van der Waals surface area contributed by atoms with Crippen LogP contribution in [0.4, 0.5) is 0 Å². The van der Waals surface area contributed by atoms with Gasteiger partial charge >= 0.3 is 0 Å². The lowest BCUT2D eigenvalue weighted by molar-refractivity contribution is 0.272. The maximum absolute atomic E-state index is 3.51. The number of hydrogen-bond acceptors (Lipinski definition) is 2. The summed E-state index contributed by atoms with van der Waals surface area (Å²) in [5, 5.41) is 3.51. The fourth-order valence-electron chi connectivity index (χ4n) is 2.96. The summed E-state index contributed by atoms with van der Waals surface area (Å²) >= 11 is 0. The van der Waals surface area contributed by atoms with Crippen molar-refractivity contribution in [1.29, 1.82) is 0 Å². The Morgan fingerprint density at radius 2 is 2.08 bits per heavy atom. The average molecular weight is 168 g/mol. The third kappa shape index (κ3) is 1.50. The third-order valence-electron chi connectivity index (χ3n) is 3.51. The van der Waals surface area contributed by atoms with Crippen LogP contribution in [-0.4, -0.2) is 38.6 Å². The van der Waals surface area contributed by atoms with E-state index in [1.165, 1.54) is 32.5 Å². The van der Waals surface area contributed by atoms with Crippen LogP contribution < -0.4 is 5.32 Å². The quantitative estimate of drug-likeness (QED) is 0.656. The summed E-state index contributed by atoms with van der Waals surface area (Å²) in [4.78, 5) is 2.34. The van der Waals surface area contributed by atoms with E-state index in [-0.39, 0.29) is 0 Å². The van der Waals surface area contributed by atoms with Gasteiger partial charge in [0.05, 0.1) is 0 Å². The normalized spacial score (nSPS) is 40.8. The lowest BCUT2D eigenvalue weighted by Gasteiger charge is -2.21. The van der Waals surface area contributed by atoms with Gasteiger partial charge in [-0.3, -0.25) is 0 Å². The second kappa shape index (κ2) is 3.35. The number of nitrogens with zero attached hydrogens (tertiary/aromatic N) is 1. The minimum atomic E-state index is 0.972. The monoisotopic (exact) mass is 168 g/mol. The highest BCUT2D eigenvalue weighted by Gasteiger charge is 2.38. The van der Waals surface area contributed by atoms with Crippen molar-refractivity contribution in [3.05, 3.63) is 0 Å². The molecule has 0 amide bonds. The number of hydrogen-bond donors (Lipinski definition) is 1. The Kier molecular flexibility index (Phi) is 2.37. The van der Waals surface area contributed by atoms with Crippen LogP contribution >= 0.6 is 0 Å². The van der Waals surface area contributed by atoms with Gasteiger partial charge in [-0.05, 0) is 57.8 Å². The molecular formula is C10H20N2. The van der Waals surface area contributed by atoms with E-state index >= 15 is 0 Å². The predicted molar refractivity (Wildman–Crippen MR) is 51.1 cm³/mol. The molecule has 0 bridgehead atoms. The molecule has 1 aliphatic carbocycles. The Bertz CT molecular complexity index is 156. The fraction of sp³-hybridized carbons (Fsp3) is 1.00. The molecule has 0 spiro atoms. The molecule has 2 nitrogen and oxygen atoms in total. The maximum atomic E-state index is 3.51. The van der Waals surface area contributed by atoms with E-state index in [0.29, 0.717) is 0 Å². The maximum Gasteiger partial charge on any atom is 0.000680 e. The summed E-state index contributed by atoms with van der Waals surface area (Å²) in [7, 11) is 4.38. The Labute approximate surface area is 75.3 Å². The zero-order valence-electron chi connectivity index (χ0n) is 8.21. The first kappa shape index (κ1) is 8.52. The van der Waals surface area contributed by atoms with Gasteiger partial charge in [0.25, 0.3) is 0 Å². The van der Waals surface area contributed by atoms with Crippen LogP contribution in [0.1, 0.15) is 12.8 Å². The van der Waals surface area contributed by atoms with Gasteiger partial charge in [-0.25, -0.2) is 0 Å². The molecule has 3 atom stereocenters. The highest BCUT2D eigenvalue weighted by Crippen LogP contribution is 2.39. The van der Waals surface area contributed by atoms with Gasteiger partial charge in [-0.15, -0.1) is 0 Å². The van der Waals surface area contributed by atoms with E-state index < -0.39 is 0 Å². The second-order valence-electron chi connectivity index (χ2n) is 4.68. The number of fused-ring (bicyclic) bond motifs is 1. The smallest absolute Gasteiger partial charge is 0.000680 e. The fourth-order valence-corrected chi connectivity index (χ4v) is 2.96. The lowest BCUT2D eigenvalue weighted by Crippen LogP contribution is -2.27. The van der Waals surface area contributed by atoms with Crippen LogP contribution in [-0.2, 0) is 0 Å². The number of rotatable bonds is 2. The Balaban J connectivity index is 1.91. The molecule has 0 aromatic rings. The predicted octanol–water partition coefficient (Wildman–Crippen LogP) is 0.794. The molecule has 2 rings (SSSR count). The van der Waals surface area contributed by atoms with Gasteiger partial charge in [0.15, 0.2) is 0 Å². The zero-order valence-corrected chi connectivity index (χ0v) is 8.21. The molecule has 1 heterocycles. The van der Waals surface area contributed by atoms with Gasteiger partial charge in [0, 0.05) is 6.54 Å². The molecule has 70 valence electrons. The standard InChI is InChI=1S/C10H20N2/c1-12(2)7-9-4-3-8-5-11-6-10(8)9/h8-11H,3-7H2,1-2H3/t8-,9+,10+/m1/s1. The van der Waals surface area contributed by atoms with E-state index in [1.54, 1.807) is 0 Å². The van der Waals surface area contributed by atoms with Gasteiger partial charge in [0.2, 0.25) is 0 Å². The Morgan fingerprint density at radius 1 is 1.25 bits per heavy atom. The van der Waals surface area contributed by atoms with Crippen molar-refractivity contribution in [3.63, 3.8) is 0 Å². The van der Waals surface area contributed by atoms with Crippen molar-refractivity contribution in [2.24, 2.45) is 17.8 Å². The van der Waals surface area contributed by atoms with E-state index in [2.05, 4.69) is 24.3 Å². The molecule has 0 radical (unpaired) electrons. The van der Waals surface area contributed by atoms with Crippen LogP contribution in [0.3, 0.4) is 0 Å². The lowest BCUT2D eigenvalue weighted by atomic mass is 9.92. The van der Waals surface area contributed by atoms with Crippen LogP contribution in [0.25, 0.3) is 0 Å². The first-order valence-electron chi connectivity index (χ1n) is 5.13. The summed E-state index contributed by atoms with van der Waals surface area (Å²) in [5.41, 5.74) is 0. The van der Waals surface area contributed by atoms with Crippen molar-refractivity contribution < 1.29 is 0 Å². The summed E-state index contributed by atoms with van der Waals surface area (Å²) in [5.74, 6) is 2.97. The summed E-state index contributed by atoms with van der Waals surface area (Å²) < 4.78 is 0.